The van der Waals surface area contributed by atoms with Gasteiger partial charge in [-0.25, -0.2) is 0 Å². The zero-order valence-electron chi connectivity index (χ0n) is 15.1. The number of ketones is 1. The Morgan fingerprint density at radius 3 is 2.39 bits per heavy atom. The van der Waals surface area contributed by atoms with Crippen LogP contribution in [-0.2, 0) is 4.79 Å². The molecule has 1 heterocycles. The number of hydrogen-bond acceptors (Lipinski definition) is 4. The zero-order valence-corrected chi connectivity index (χ0v) is 16.7. The van der Waals surface area contributed by atoms with Crippen molar-refractivity contribution >= 4 is 29.3 Å². The van der Waals surface area contributed by atoms with E-state index in [-0.39, 0.29) is 9.86 Å². The maximum absolute atomic E-state index is 11.3. The van der Waals surface area contributed by atoms with Crippen LogP contribution in [0.3, 0.4) is 0 Å². The van der Waals surface area contributed by atoms with E-state index in [0.717, 1.165) is 25.7 Å². The second-order valence-corrected chi connectivity index (χ2v) is 9.92. The van der Waals surface area contributed by atoms with Crippen LogP contribution in [0.2, 0.25) is 0 Å². The maximum Gasteiger partial charge on any atom is 0.158 e. The molecule has 1 aliphatic rings. The van der Waals surface area contributed by atoms with Gasteiger partial charge < -0.3 is 5.11 Å². The number of carbonyl (C=O) groups excluding carboxylic acids is 1. The van der Waals surface area contributed by atoms with Crippen LogP contribution in [0.1, 0.15) is 66.2 Å². The number of thioether (sulfide) groups is 2. The molecule has 0 amide bonds. The lowest BCUT2D eigenvalue weighted by Gasteiger charge is -2.36. The van der Waals surface area contributed by atoms with Crippen molar-refractivity contribution in [3.05, 3.63) is 23.3 Å². The summed E-state index contributed by atoms with van der Waals surface area (Å²) in [5.41, 5.74) is 2.83. The third-order valence-electron chi connectivity index (χ3n) is 4.14. The number of aliphatic hydroxyl groups excluding tert-OH is 1. The van der Waals surface area contributed by atoms with Gasteiger partial charge in [-0.15, -0.1) is 23.5 Å². The fourth-order valence-corrected chi connectivity index (χ4v) is 5.83. The van der Waals surface area contributed by atoms with E-state index in [4.69, 9.17) is 0 Å². The Bertz CT molecular complexity index is 431. The first kappa shape index (κ1) is 20.9. The highest BCUT2D eigenvalue weighted by molar-refractivity contribution is 8.18. The normalized spacial score (nSPS) is 19.3. The SMILES string of the molecule is CC(=O)C(O)CCC1(C/C=C(/C)CCC=C(C)C)SCCCS1. The average molecular weight is 357 g/mol. The summed E-state index contributed by atoms with van der Waals surface area (Å²) < 4.78 is 0.145. The second-order valence-electron chi connectivity index (χ2n) is 6.70. The number of allylic oxidation sites excluding steroid dienone is 4. The molecule has 1 unspecified atom stereocenters. The van der Waals surface area contributed by atoms with Crippen LogP contribution < -0.4 is 0 Å². The highest BCUT2D eigenvalue weighted by Gasteiger charge is 2.33. The number of aliphatic hydroxyl groups is 1. The monoisotopic (exact) mass is 356 g/mol. The summed E-state index contributed by atoms with van der Waals surface area (Å²) in [6.07, 6.45) is 9.89. The number of rotatable bonds is 9. The van der Waals surface area contributed by atoms with Crippen molar-refractivity contribution < 1.29 is 9.90 Å². The predicted octanol–water partition coefficient (Wildman–Crippen LogP) is 5.37. The summed E-state index contributed by atoms with van der Waals surface area (Å²) in [7, 11) is 0. The molecule has 1 atom stereocenters. The summed E-state index contributed by atoms with van der Waals surface area (Å²) in [6.45, 7) is 7.98. The topological polar surface area (TPSA) is 37.3 Å². The van der Waals surface area contributed by atoms with Crippen LogP contribution >= 0.6 is 23.5 Å². The van der Waals surface area contributed by atoms with Crippen LogP contribution in [0.15, 0.2) is 23.3 Å². The number of Topliss-reactive ketones (excluding diaryl/α,β-unsaturated/α-hetero) is 1. The molecule has 1 fully saturated rings. The molecule has 1 N–H and O–H groups in total. The molecule has 4 heteroatoms. The fourth-order valence-electron chi connectivity index (χ4n) is 2.56. The molecule has 0 aliphatic carbocycles. The van der Waals surface area contributed by atoms with Crippen molar-refractivity contribution in [3.63, 3.8) is 0 Å². The molecule has 0 aromatic carbocycles. The Kier molecular flexibility index (Phi) is 9.64. The highest BCUT2D eigenvalue weighted by atomic mass is 32.2. The van der Waals surface area contributed by atoms with Gasteiger partial charge in [-0.3, -0.25) is 4.79 Å². The van der Waals surface area contributed by atoms with E-state index in [1.54, 1.807) is 0 Å². The number of hydrogen-bond donors (Lipinski definition) is 1. The molecule has 1 saturated heterocycles. The highest BCUT2D eigenvalue weighted by Crippen LogP contribution is 2.48. The molecule has 0 aromatic heterocycles. The Labute approximate surface area is 150 Å². The largest absolute Gasteiger partial charge is 0.385 e. The Balaban J connectivity index is 2.59. The van der Waals surface area contributed by atoms with Gasteiger partial charge in [0.2, 0.25) is 0 Å². The quantitative estimate of drug-likeness (QED) is 0.564. The van der Waals surface area contributed by atoms with E-state index in [1.165, 1.54) is 36.0 Å². The molecule has 1 rings (SSSR count). The first-order chi connectivity index (χ1) is 10.8. The molecular weight excluding hydrogens is 324 g/mol. The van der Waals surface area contributed by atoms with Crippen molar-refractivity contribution in [1.82, 2.24) is 0 Å². The predicted molar refractivity (Wildman–Crippen MR) is 105 cm³/mol. The van der Waals surface area contributed by atoms with Crippen LogP contribution in [0, 0.1) is 0 Å². The van der Waals surface area contributed by atoms with Crippen molar-refractivity contribution in [3.8, 4) is 0 Å². The van der Waals surface area contributed by atoms with Crippen molar-refractivity contribution in [2.45, 2.75) is 76.4 Å². The fraction of sp³-hybridized carbons (Fsp3) is 0.737. The van der Waals surface area contributed by atoms with Crippen molar-refractivity contribution in [2.75, 3.05) is 11.5 Å². The summed E-state index contributed by atoms with van der Waals surface area (Å²) in [5, 5.41) is 9.83. The van der Waals surface area contributed by atoms with Gasteiger partial charge >= 0.3 is 0 Å². The molecule has 0 saturated carbocycles. The third kappa shape index (κ3) is 8.46. The molecule has 0 spiro atoms. The first-order valence-corrected chi connectivity index (χ1v) is 10.6. The zero-order chi connectivity index (χ0) is 17.3. The van der Waals surface area contributed by atoms with Crippen LogP contribution in [0.5, 0.6) is 0 Å². The summed E-state index contributed by atoms with van der Waals surface area (Å²) in [6, 6.07) is 0. The van der Waals surface area contributed by atoms with Gasteiger partial charge in [-0.2, -0.15) is 0 Å². The standard InChI is InChI=1S/C19H32O2S2/c1-15(2)7-5-8-16(3)9-11-19(22-13-6-14-23-19)12-10-18(21)17(4)20/h7,9,18,21H,5-6,8,10-14H2,1-4H3/b16-9-. The third-order valence-corrected chi connectivity index (χ3v) is 7.63. The van der Waals surface area contributed by atoms with Gasteiger partial charge in [0.1, 0.15) is 6.10 Å². The summed E-state index contributed by atoms with van der Waals surface area (Å²) in [5.74, 6) is 2.26. The molecule has 0 aromatic rings. The maximum atomic E-state index is 11.3. The minimum absolute atomic E-state index is 0.112. The summed E-state index contributed by atoms with van der Waals surface area (Å²) in [4.78, 5) is 11.3. The Morgan fingerprint density at radius 2 is 1.83 bits per heavy atom. The van der Waals surface area contributed by atoms with Gasteiger partial charge in [-0.1, -0.05) is 23.3 Å². The van der Waals surface area contributed by atoms with Crippen LogP contribution in [0.25, 0.3) is 0 Å². The van der Waals surface area contributed by atoms with E-state index >= 15 is 0 Å². The smallest absolute Gasteiger partial charge is 0.158 e. The number of carbonyl (C=O) groups is 1. The van der Waals surface area contributed by atoms with Crippen LogP contribution in [0.4, 0.5) is 0 Å². The van der Waals surface area contributed by atoms with Crippen molar-refractivity contribution in [2.24, 2.45) is 0 Å². The van der Waals surface area contributed by atoms with Gasteiger partial charge in [0.15, 0.2) is 5.78 Å². The van der Waals surface area contributed by atoms with E-state index in [1.807, 2.05) is 23.5 Å². The molecule has 0 radical (unpaired) electrons. The lowest BCUT2D eigenvalue weighted by Crippen LogP contribution is -2.28. The summed E-state index contributed by atoms with van der Waals surface area (Å²) >= 11 is 4.04. The minimum atomic E-state index is -0.794. The van der Waals surface area contributed by atoms with Gasteiger partial charge in [0.05, 0.1) is 4.08 Å². The Hall–Kier alpha value is -0.190. The van der Waals surface area contributed by atoms with Gasteiger partial charge in [0.25, 0.3) is 0 Å². The van der Waals surface area contributed by atoms with Crippen LogP contribution in [-0.4, -0.2) is 32.6 Å². The van der Waals surface area contributed by atoms with E-state index in [2.05, 4.69) is 32.9 Å². The first-order valence-electron chi connectivity index (χ1n) is 8.60. The molecule has 1 aliphatic heterocycles. The molecule has 2 nitrogen and oxygen atoms in total. The van der Waals surface area contributed by atoms with E-state index in [9.17, 15) is 9.90 Å². The lowest BCUT2D eigenvalue weighted by molar-refractivity contribution is -0.125. The van der Waals surface area contributed by atoms with E-state index in [0.29, 0.717) is 6.42 Å². The molecule has 0 bridgehead atoms. The van der Waals surface area contributed by atoms with Gasteiger partial charge in [0, 0.05) is 0 Å². The minimum Gasteiger partial charge on any atom is -0.385 e. The van der Waals surface area contributed by atoms with E-state index < -0.39 is 6.10 Å². The molecule has 132 valence electrons. The second kappa shape index (κ2) is 10.6. The lowest BCUT2D eigenvalue weighted by atomic mass is 10.0. The van der Waals surface area contributed by atoms with Crippen molar-refractivity contribution in [1.29, 1.82) is 0 Å². The Morgan fingerprint density at radius 1 is 1.17 bits per heavy atom. The average Bonchev–Trinajstić information content (AvgIpc) is 2.51. The molecular formula is C19H32O2S2. The van der Waals surface area contributed by atoms with Gasteiger partial charge in [-0.05, 0) is 77.7 Å². The molecule has 23 heavy (non-hydrogen) atoms.